The zero-order valence-electron chi connectivity index (χ0n) is 13.2. The zero-order valence-corrected chi connectivity index (χ0v) is 14.9. The first-order valence-corrected chi connectivity index (χ1v) is 9.55. The summed E-state index contributed by atoms with van der Waals surface area (Å²) in [6.45, 7) is 1.97. The van der Waals surface area contributed by atoms with Crippen molar-refractivity contribution in [3.8, 4) is 0 Å². The number of rotatable bonds is 4. The normalized spacial score (nSPS) is 26.9. The first-order valence-electron chi connectivity index (χ1n) is 7.70. The quantitative estimate of drug-likeness (QED) is 0.609. The van der Waals surface area contributed by atoms with Gasteiger partial charge in [-0.25, -0.2) is 0 Å². The fourth-order valence-electron chi connectivity index (χ4n) is 3.01. The minimum atomic E-state index is -0.217. The topological polar surface area (TPSA) is 35.5 Å². The van der Waals surface area contributed by atoms with Gasteiger partial charge in [-0.2, -0.15) is 0 Å². The van der Waals surface area contributed by atoms with Crippen LogP contribution in [-0.2, 0) is 14.3 Å². The number of carbonyl (C=O) groups excluding carboxylic acids is 1. The van der Waals surface area contributed by atoms with Crippen molar-refractivity contribution in [2.45, 2.75) is 23.9 Å². The predicted molar refractivity (Wildman–Crippen MR) is 90.8 cm³/mol. The number of hydrogen-bond donors (Lipinski definition) is 0. The van der Waals surface area contributed by atoms with E-state index >= 15 is 0 Å². The Kier molecular flexibility index (Phi) is 5.16. The van der Waals surface area contributed by atoms with Crippen molar-refractivity contribution >= 4 is 25.4 Å². The number of esters is 1. The third-order valence-electron chi connectivity index (χ3n) is 4.14. The standard InChI is InChI=1S/C19H20O3Se/c1-13-16(19(20)21-2)18(23-15-11-7-4-8-12-15)17(22-13)14-9-5-3-6-10-14/h3-13,16-18H,1-2H3/t13-,16+,17-,18+/m0/s1. The summed E-state index contributed by atoms with van der Waals surface area (Å²) in [5.41, 5.74) is 1.13. The van der Waals surface area contributed by atoms with E-state index in [-0.39, 0.29) is 43.9 Å². The summed E-state index contributed by atoms with van der Waals surface area (Å²) in [7, 11) is 1.46. The van der Waals surface area contributed by atoms with Gasteiger partial charge in [0.2, 0.25) is 0 Å². The molecule has 1 saturated heterocycles. The van der Waals surface area contributed by atoms with Gasteiger partial charge in [-0.15, -0.1) is 0 Å². The van der Waals surface area contributed by atoms with Gasteiger partial charge in [0.15, 0.2) is 0 Å². The van der Waals surface area contributed by atoms with Gasteiger partial charge in [0.25, 0.3) is 0 Å². The fraction of sp³-hybridized carbons (Fsp3) is 0.316. The molecule has 1 aliphatic rings. The Bertz CT molecular complexity index is 644. The number of methoxy groups -OCH3 is 1. The molecule has 2 aromatic carbocycles. The first-order chi connectivity index (χ1) is 11.2. The molecule has 0 aromatic heterocycles. The van der Waals surface area contributed by atoms with Crippen molar-refractivity contribution in [2.75, 3.05) is 7.11 Å². The van der Waals surface area contributed by atoms with Crippen LogP contribution in [0.25, 0.3) is 0 Å². The van der Waals surface area contributed by atoms with E-state index in [9.17, 15) is 4.79 Å². The summed E-state index contributed by atoms with van der Waals surface area (Å²) in [6.07, 6.45) is -0.196. The van der Waals surface area contributed by atoms with E-state index in [1.807, 2.05) is 43.3 Å². The van der Waals surface area contributed by atoms with E-state index in [0.717, 1.165) is 5.56 Å². The Hall–Kier alpha value is -1.61. The molecule has 0 N–H and O–H groups in total. The van der Waals surface area contributed by atoms with Crippen molar-refractivity contribution in [1.82, 2.24) is 0 Å². The molecule has 0 bridgehead atoms. The molecule has 0 amide bonds. The molecule has 0 saturated carbocycles. The van der Waals surface area contributed by atoms with Crippen LogP contribution in [0.15, 0.2) is 60.7 Å². The molecule has 0 aliphatic carbocycles. The van der Waals surface area contributed by atoms with Gasteiger partial charge in [-0.05, 0) is 0 Å². The molecule has 1 fully saturated rings. The average molecular weight is 375 g/mol. The summed E-state index contributed by atoms with van der Waals surface area (Å²) < 4.78 is 12.5. The van der Waals surface area contributed by atoms with Crippen LogP contribution in [0.5, 0.6) is 0 Å². The molecule has 2 aromatic rings. The summed E-state index contributed by atoms with van der Waals surface area (Å²) in [6, 6.07) is 20.5. The molecule has 1 heterocycles. The first kappa shape index (κ1) is 16.3. The molecule has 3 rings (SSSR count). The molecule has 0 radical (unpaired) electrons. The Labute approximate surface area is 143 Å². The third-order valence-corrected chi connectivity index (χ3v) is 6.98. The van der Waals surface area contributed by atoms with Gasteiger partial charge in [0.05, 0.1) is 0 Å². The summed E-state index contributed by atoms with van der Waals surface area (Å²) >= 11 is 0.130. The van der Waals surface area contributed by atoms with Crippen molar-refractivity contribution < 1.29 is 14.3 Å². The average Bonchev–Trinajstić information content (AvgIpc) is 2.92. The number of carbonyl (C=O) groups is 1. The zero-order chi connectivity index (χ0) is 16.2. The van der Waals surface area contributed by atoms with E-state index in [1.54, 1.807) is 0 Å². The third kappa shape index (κ3) is 3.50. The molecule has 0 spiro atoms. The Balaban J connectivity index is 1.93. The van der Waals surface area contributed by atoms with Gasteiger partial charge in [0.1, 0.15) is 0 Å². The van der Waals surface area contributed by atoms with Gasteiger partial charge >= 0.3 is 143 Å². The Morgan fingerprint density at radius 3 is 2.26 bits per heavy atom. The second kappa shape index (κ2) is 7.31. The van der Waals surface area contributed by atoms with Gasteiger partial charge < -0.3 is 0 Å². The van der Waals surface area contributed by atoms with E-state index < -0.39 is 0 Å². The maximum absolute atomic E-state index is 12.3. The molecule has 4 atom stereocenters. The van der Waals surface area contributed by atoms with Gasteiger partial charge in [0, 0.05) is 0 Å². The van der Waals surface area contributed by atoms with Crippen molar-refractivity contribution in [2.24, 2.45) is 5.92 Å². The van der Waals surface area contributed by atoms with E-state index in [1.165, 1.54) is 11.6 Å². The van der Waals surface area contributed by atoms with Gasteiger partial charge in [-0.3, -0.25) is 0 Å². The number of benzene rings is 2. The summed E-state index contributed by atoms with van der Waals surface area (Å²) in [4.78, 5) is 12.4. The second-order valence-corrected chi connectivity index (χ2v) is 8.24. The van der Waals surface area contributed by atoms with Gasteiger partial charge in [-0.1, -0.05) is 0 Å². The molecular formula is C19H20O3Se. The van der Waals surface area contributed by atoms with Crippen LogP contribution in [0.1, 0.15) is 18.6 Å². The van der Waals surface area contributed by atoms with Crippen molar-refractivity contribution in [1.29, 1.82) is 0 Å². The SMILES string of the molecule is COC(=O)[C@H]1[C@@H]([Se]c2ccccc2)[C@H](c2ccccc2)O[C@H]1C. The number of hydrogen-bond acceptors (Lipinski definition) is 3. The van der Waals surface area contributed by atoms with Crippen molar-refractivity contribution in [3.05, 3.63) is 66.2 Å². The Morgan fingerprint density at radius 2 is 1.65 bits per heavy atom. The predicted octanol–water partition coefficient (Wildman–Crippen LogP) is 2.75. The molecule has 0 unspecified atom stereocenters. The molecule has 3 nitrogen and oxygen atoms in total. The summed E-state index contributed by atoms with van der Waals surface area (Å²) in [5, 5.41) is 0. The van der Waals surface area contributed by atoms with E-state index in [2.05, 4.69) is 24.3 Å². The van der Waals surface area contributed by atoms with E-state index in [4.69, 9.17) is 9.47 Å². The molecule has 23 heavy (non-hydrogen) atoms. The van der Waals surface area contributed by atoms with Crippen LogP contribution in [-0.4, -0.2) is 34.1 Å². The van der Waals surface area contributed by atoms with Crippen LogP contribution in [0, 0.1) is 5.92 Å². The van der Waals surface area contributed by atoms with Crippen LogP contribution < -0.4 is 4.46 Å². The molecule has 4 heteroatoms. The monoisotopic (exact) mass is 376 g/mol. The summed E-state index contributed by atoms with van der Waals surface area (Å²) in [5.74, 6) is -0.385. The fourth-order valence-corrected chi connectivity index (χ4v) is 6.06. The second-order valence-electron chi connectivity index (χ2n) is 5.62. The molecule has 120 valence electrons. The maximum atomic E-state index is 12.3. The van der Waals surface area contributed by atoms with Crippen LogP contribution in [0.4, 0.5) is 0 Å². The minimum absolute atomic E-state index is 0.0597. The Morgan fingerprint density at radius 1 is 1.04 bits per heavy atom. The van der Waals surface area contributed by atoms with Crippen LogP contribution >= 0.6 is 0 Å². The van der Waals surface area contributed by atoms with E-state index in [0.29, 0.717) is 0 Å². The van der Waals surface area contributed by atoms with Crippen molar-refractivity contribution in [3.63, 3.8) is 0 Å². The number of ether oxygens (including phenoxy) is 2. The molecular weight excluding hydrogens is 355 g/mol. The molecule has 1 aliphatic heterocycles. The van der Waals surface area contributed by atoms with Crippen LogP contribution in [0.2, 0.25) is 4.82 Å². The van der Waals surface area contributed by atoms with Crippen LogP contribution in [0.3, 0.4) is 0 Å².